The summed E-state index contributed by atoms with van der Waals surface area (Å²) in [5, 5.41) is 0. The van der Waals surface area contributed by atoms with Gasteiger partial charge in [0.25, 0.3) is 10.2 Å². The van der Waals surface area contributed by atoms with Gasteiger partial charge in [-0.1, -0.05) is 20.8 Å². The Morgan fingerprint density at radius 3 is 2.21 bits per heavy atom. The minimum atomic E-state index is -3.30. The van der Waals surface area contributed by atoms with Crippen LogP contribution in [-0.4, -0.2) is 38.9 Å². The van der Waals surface area contributed by atoms with Gasteiger partial charge in [0.1, 0.15) is 0 Å². The van der Waals surface area contributed by atoms with Crippen LogP contribution in [0.3, 0.4) is 0 Å². The highest BCUT2D eigenvalue weighted by atomic mass is 32.2. The minimum Gasteiger partial charge on any atom is -0.330 e. The van der Waals surface area contributed by atoms with Gasteiger partial charge < -0.3 is 5.73 Å². The van der Waals surface area contributed by atoms with E-state index >= 15 is 0 Å². The van der Waals surface area contributed by atoms with Crippen molar-refractivity contribution in [3.05, 3.63) is 0 Å². The molecule has 0 amide bonds. The lowest BCUT2D eigenvalue weighted by molar-refractivity contribution is 0.428. The Bertz CT molecular complexity index is 237. The summed E-state index contributed by atoms with van der Waals surface area (Å²) in [7, 11) is -3.30. The molecule has 0 radical (unpaired) electrons. The molecule has 0 aromatic carbocycles. The first-order chi connectivity index (χ1) is 6.47. The van der Waals surface area contributed by atoms with Crippen LogP contribution < -0.4 is 10.5 Å². The van der Waals surface area contributed by atoms with Crippen LogP contribution in [-0.2, 0) is 10.2 Å². The fourth-order valence-corrected chi connectivity index (χ4v) is 2.34. The highest BCUT2D eigenvalue weighted by molar-refractivity contribution is 7.87. The molecule has 0 saturated heterocycles. The average molecular weight is 223 g/mol. The van der Waals surface area contributed by atoms with Gasteiger partial charge in [-0.05, 0) is 12.5 Å². The Morgan fingerprint density at radius 2 is 1.86 bits per heavy atom. The second-order valence-electron chi connectivity index (χ2n) is 3.28. The van der Waals surface area contributed by atoms with E-state index in [0.717, 1.165) is 0 Å². The van der Waals surface area contributed by atoms with E-state index in [-0.39, 0.29) is 5.92 Å². The summed E-state index contributed by atoms with van der Waals surface area (Å²) in [5.41, 5.74) is 5.39. The Hall–Kier alpha value is -0.170. The molecule has 0 spiro atoms. The molecular formula is C8H21N3O2S. The molecule has 0 aliphatic rings. The zero-order valence-electron chi connectivity index (χ0n) is 9.16. The van der Waals surface area contributed by atoms with Gasteiger partial charge in [-0.15, -0.1) is 0 Å². The van der Waals surface area contributed by atoms with Crippen LogP contribution in [0, 0.1) is 5.92 Å². The van der Waals surface area contributed by atoms with E-state index in [4.69, 9.17) is 5.73 Å². The molecule has 0 fully saturated rings. The quantitative estimate of drug-likeness (QED) is 0.625. The number of hydrogen-bond donors (Lipinski definition) is 2. The molecule has 0 saturated carbocycles. The van der Waals surface area contributed by atoms with Crippen molar-refractivity contribution in [1.29, 1.82) is 0 Å². The van der Waals surface area contributed by atoms with E-state index in [1.807, 2.05) is 20.8 Å². The van der Waals surface area contributed by atoms with Crippen LogP contribution in [0.1, 0.15) is 20.8 Å². The number of hydrogen-bond acceptors (Lipinski definition) is 3. The second-order valence-corrected chi connectivity index (χ2v) is 5.03. The average Bonchev–Trinajstić information content (AvgIpc) is 2.15. The van der Waals surface area contributed by atoms with Gasteiger partial charge in [-0.3, -0.25) is 0 Å². The molecule has 1 atom stereocenters. The summed E-state index contributed by atoms with van der Waals surface area (Å²) >= 11 is 0. The topological polar surface area (TPSA) is 75.4 Å². The Labute approximate surface area is 86.8 Å². The largest absolute Gasteiger partial charge is 0.330 e. The summed E-state index contributed by atoms with van der Waals surface area (Å²) in [6.45, 7) is 7.40. The van der Waals surface area contributed by atoms with Crippen molar-refractivity contribution in [3.8, 4) is 0 Å². The molecule has 0 aliphatic heterocycles. The first-order valence-electron chi connectivity index (χ1n) is 4.92. The summed E-state index contributed by atoms with van der Waals surface area (Å²) in [6.07, 6.45) is 0. The summed E-state index contributed by atoms with van der Waals surface area (Å²) in [5.74, 6) is 0.167. The fourth-order valence-electron chi connectivity index (χ4n) is 0.986. The lowest BCUT2D eigenvalue weighted by Crippen LogP contribution is -2.42. The third-order valence-corrected chi connectivity index (χ3v) is 3.79. The molecule has 86 valence electrons. The van der Waals surface area contributed by atoms with Gasteiger partial charge in [0.2, 0.25) is 0 Å². The van der Waals surface area contributed by atoms with Crippen LogP contribution in [0.4, 0.5) is 0 Å². The van der Waals surface area contributed by atoms with E-state index in [1.54, 1.807) is 0 Å². The molecule has 1 unspecified atom stereocenters. The van der Waals surface area contributed by atoms with Gasteiger partial charge in [0.15, 0.2) is 0 Å². The molecule has 5 nitrogen and oxygen atoms in total. The highest BCUT2D eigenvalue weighted by Gasteiger charge is 2.18. The second kappa shape index (κ2) is 6.34. The molecule has 6 heteroatoms. The van der Waals surface area contributed by atoms with E-state index in [0.29, 0.717) is 26.2 Å². The van der Waals surface area contributed by atoms with Crippen molar-refractivity contribution < 1.29 is 8.42 Å². The standard InChI is InChI=1S/C8H21N3O2S/c1-4-11(5-2)14(12,13)10-7-8(3)6-9/h8,10H,4-7,9H2,1-3H3. The molecule has 0 aromatic heterocycles. The van der Waals surface area contributed by atoms with Crippen LogP contribution >= 0.6 is 0 Å². The lowest BCUT2D eigenvalue weighted by Gasteiger charge is -2.20. The zero-order chi connectivity index (χ0) is 11.2. The summed E-state index contributed by atoms with van der Waals surface area (Å²) in [6, 6.07) is 0. The number of nitrogens with two attached hydrogens (primary N) is 1. The first kappa shape index (κ1) is 13.8. The Balaban J connectivity index is 4.20. The van der Waals surface area contributed by atoms with E-state index in [9.17, 15) is 8.42 Å². The highest BCUT2D eigenvalue weighted by Crippen LogP contribution is 1.98. The third kappa shape index (κ3) is 4.36. The fraction of sp³-hybridized carbons (Fsp3) is 1.00. The maximum Gasteiger partial charge on any atom is 0.279 e. The van der Waals surface area contributed by atoms with E-state index in [1.165, 1.54) is 4.31 Å². The van der Waals surface area contributed by atoms with Crippen molar-refractivity contribution >= 4 is 10.2 Å². The molecule has 0 aromatic rings. The van der Waals surface area contributed by atoms with Gasteiger partial charge in [0, 0.05) is 19.6 Å². The Morgan fingerprint density at radius 1 is 1.36 bits per heavy atom. The van der Waals surface area contributed by atoms with Crippen LogP contribution in [0.5, 0.6) is 0 Å². The zero-order valence-corrected chi connectivity index (χ0v) is 9.97. The predicted molar refractivity (Wildman–Crippen MR) is 58.1 cm³/mol. The molecule has 0 aliphatic carbocycles. The van der Waals surface area contributed by atoms with Crippen LogP contribution in [0.15, 0.2) is 0 Å². The van der Waals surface area contributed by atoms with Crippen molar-refractivity contribution in [2.45, 2.75) is 20.8 Å². The molecule has 0 rings (SSSR count). The van der Waals surface area contributed by atoms with Gasteiger partial charge in [-0.2, -0.15) is 12.7 Å². The van der Waals surface area contributed by atoms with Crippen molar-refractivity contribution in [1.82, 2.24) is 9.03 Å². The molecule has 0 bridgehead atoms. The molecule has 14 heavy (non-hydrogen) atoms. The van der Waals surface area contributed by atoms with Gasteiger partial charge in [0.05, 0.1) is 0 Å². The molecule has 0 heterocycles. The van der Waals surface area contributed by atoms with Gasteiger partial charge >= 0.3 is 0 Å². The number of nitrogens with one attached hydrogen (secondary N) is 1. The smallest absolute Gasteiger partial charge is 0.279 e. The summed E-state index contributed by atoms with van der Waals surface area (Å²) in [4.78, 5) is 0. The maximum absolute atomic E-state index is 11.6. The van der Waals surface area contributed by atoms with Crippen molar-refractivity contribution in [3.63, 3.8) is 0 Å². The number of rotatable bonds is 7. The number of nitrogens with zero attached hydrogens (tertiary/aromatic N) is 1. The summed E-state index contributed by atoms with van der Waals surface area (Å²) < 4.78 is 27.1. The monoisotopic (exact) mass is 223 g/mol. The first-order valence-corrected chi connectivity index (χ1v) is 6.36. The third-order valence-electron chi connectivity index (χ3n) is 2.06. The normalized spacial score (nSPS) is 14.6. The van der Waals surface area contributed by atoms with Crippen LogP contribution in [0.2, 0.25) is 0 Å². The van der Waals surface area contributed by atoms with Crippen molar-refractivity contribution in [2.75, 3.05) is 26.2 Å². The van der Waals surface area contributed by atoms with Crippen molar-refractivity contribution in [2.24, 2.45) is 11.7 Å². The lowest BCUT2D eigenvalue weighted by atomic mass is 10.2. The van der Waals surface area contributed by atoms with Crippen LogP contribution in [0.25, 0.3) is 0 Å². The predicted octanol–water partition coefficient (Wildman–Crippen LogP) is -0.243. The van der Waals surface area contributed by atoms with Gasteiger partial charge in [-0.25, -0.2) is 4.72 Å². The molecular weight excluding hydrogens is 202 g/mol. The maximum atomic E-state index is 11.6. The molecule has 3 N–H and O–H groups in total. The SMILES string of the molecule is CCN(CC)S(=O)(=O)NCC(C)CN. The van der Waals surface area contributed by atoms with E-state index in [2.05, 4.69) is 4.72 Å². The van der Waals surface area contributed by atoms with E-state index < -0.39 is 10.2 Å². The Kier molecular flexibility index (Phi) is 6.26. The minimum absolute atomic E-state index is 0.167.